The van der Waals surface area contributed by atoms with E-state index in [-0.39, 0.29) is 11.3 Å². The van der Waals surface area contributed by atoms with Crippen molar-refractivity contribution in [3.05, 3.63) is 102 Å². The molecule has 4 nitrogen and oxygen atoms in total. The van der Waals surface area contributed by atoms with Gasteiger partial charge in [-0.2, -0.15) is 0 Å². The number of rotatable bonds is 4. The Bertz CT molecular complexity index is 1120. The molecular formula is C22H15Cl2IN2O2. The Kier molecular flexibility index (Phi) is 6.68. The number of aromatic hydroxyl groups is 1. The fourth-order valence-corrected chi connectivity index (χ4v) is 4.09. The fraction of sp³-hybridized carbons (Fsp3) is 0.0909. The van der Waals surface area contributed by atoms with Crippen molar-refractivity contribution in [3.8, 4) is 5.75 Å². The first-order chi connectivity index (χ1) is 13.8. The lowest BCUT2D eigenvalue weighted by Gasteiger charge is -2.12. The summed E-state index contributed by atoms with van der Waals surface area (Å²) in [5.41, 5.74) is 2.94. The number of benzene rings is 3. The second-order valence-corrected chi connectivity index (χ2v) is 8.42. The molecule has 29 heavy (non-hydrogen) atoms. The van der Waals surface area contributed by atoms with Crippen LogP contribution in [-0.2, 0) is 0 Å². The van der Waals surface area contributed by atoms with Gasteiger partial charge in [-0.05, 0) is 89.7 Å². The molecule has 0 bridgehead atoms. The van der Waals surface area contributed by atoms with Gasteiger partial charge in [0.05, 0.1) is 19.7 Å². The van der Waals surface area contributed by atoms with Crippen LogP contribution in [-0.4, -0.2) is 11.0 Å². The molecule has 0 radical (unpaired) electrons. The van der Waals surface area contributed by atoms with E-state index < -0.39 is 11.9 Å². The number of hydrogen-bond donors (Lipinski definition) is 2. The maximum atomic E-state index is 12.6. The predicted octanol–water partition coefficient (Wildman–Crippen LogP) is 6.87. The molecule has 0 aliphatic carbocycles. The summed E-state index contributed by atoms with van der Waals surface area (Å²) in [4.78, 5) is 16.3. The first kappa shape index (κ1) is 21.4. The number of anilines is 1. The fourth-order valence-electron chi connectivity index (χ4n) is 2.90. The highest BCUT2D eigenvalue weighted by Gasteiger charge is 2.22. The number of nitrogens with zero attached hydrogens (tertiary/aromatic N) is 1. The van der Waals surface area contributed by atoms with E-state index in [0.29, 0.717) is 24.9 Å². The monoisotopic (exact) mass is 536 g/mol. The largest absolute Gasteiger partial charge is 0.506 e. The third-order valence-electron chi connectivity index (χ3n) is 4.32. The number of phenols is 1. The van der Waals surface area contributed by atoms with E-state index in [2.05, 4.69) is 10.2 Å². The van der Waals surface area contributed by atoms with Crippen molar-refractivity contribution in [2.24, 2.45) is 0 Å². The molecule has 0 saturated heterocycles. The van der Waals surface area contributed by atoms with E-state index in [9.17, 15) is 9.90 Å². The van der Waals surface area contributed by atoms with E-state index in [1.807, 2.05) is 29.5 Å². The average Bonchev–Trinajstić information content (AvgIpc) is 2.68. The summed E-state index contributed by atoms with van der Waals surface area (Å²) in [5.74, 6) is -0.500. The van der Waals surface area contributed by atoms with Crippen molar-refractivity contribution in [3.63, 3.8) is 0 Å². The number of amides is 1. The van der Waals surface area contributed by atoms with Crippen LogP contribution in [0.25, 0.3) is 4.85 Å². The molecule has 0 heterocycles. The first-order valence-corrected chi connectivity index (χ1v) is 10.4. The van der Waals surface area contributed by atoms with Gasteiger partial charge in [-0.15, -0.1) is 0 Å². The summed E-state index contributed by atoms with van der Waals surface area (Å²) in [7, 11) is 0. The number of phenolic OH excluding ortho intramolecular Hbond substituents is 1. The highest BCUT2D eigenvalue weighted by Crippen LogP contribution is 2.34. The number of carbonyl (C=O) groups is 1. The van der Waals surface area contributed by atoms with Gasteiger partial charge >= 0.3 is 0 Å². The average molecular weight is 537 g/mol. The quantitative estimate of drug-likeness (QED) is 0.282. The van der Waals surface area contributed by atoms with Crippen molar-refractivity contribution < 1.29 is 9.90 Å². The van der Waals surface area contributed by atoms with E-state index >= 15 is 0 Å². The van der Waals surface area contributed by atoms with Crippen LogP contribution in [0, 0.1) is 17.1 Å². The molecule has 0 spiro atoms. The van der Waals surface area contributed by atoms with Gasteiger partial charge in [-0.1, -0.05) is 23.2 Å². The molecule has 0 aliphatic rings. The molecule has 0 aliphatic heterocycles. The minimum Gasteiger partial charge on any atom is -0.506 e. The lowest BCUT2D eigenvalue weighted by atomic mass is 9.99. The van der Waals surface area contributed by atoms with E-state index in [1.165, 1.54) is 0 Å². The van der Waals surface area contributed by atoms with Gasteiger partial charge in [-0.25, -0.2) is 6.57 Å². The number of halogens is 3. The summed E-state index contributed by atoms with van der Waals surface area (Å²) in [6.45, 7) is 9.42. The Morgan fingerprint density at radius 3 is 2.45 bits per heavy atom. The highest BCUT2D eigenvalue weighted by molar-refractivity contribution is 14.1. The molecule has 0 fully saturated rings. The second-order valence-electron chi connectivity index (χ2n) is 6.42. The summed E-state index contributed by atoms with van der Waals surface area (Å²) in [6.07, 6.45) is 0. The minimum atomic E-state index is -0.577. The Morgan fingerprint density at radius 2 is 1.83 bits per heavy atom. The molecule has 1 unspecified atom stereocenters. The summed E-state index contributed by atoms with van der Waals surface area (Å²) in [6, 6.07) is 14.9. The van der Waals surface area contributed by atoms with Crippen LogP contribution >= 0.6 is 45.8 Å². The lowest BCUT2D eigenvalue weighted by molar-refractivity contribution is 0.102. The van der Waals surface area contributed by atoms with Crippen molar-refractivity contribution in [1.82, 2.24) is 0 Å². The zero-order valence-electron chi connectivity index (χ0n) is 15.2. The van der Waals surface area contributed by atoms with Crippen LogP contribution in [0.1, 0.15) is 33.1 Å². The number of carbonyl (C=O) groups excluding carboxylic acids is 1. The smallest absolute Gasteiger partial charge is 0.275 e. The Hall–Kier alpha value is -2.27. The molecule has 0 saturated carbocycles. The molecule has 7 heteroatoms. The maximum absolute atomic E-state index is 12.6. The van der Waals surface area contributed by atoms with Crippen LogP contribution in [0.15, 0.2) is 54.6 Å². The van der Waals surface area contributed by atoms with Gasteiger partial charge in [0.25, 0.3) is 11.9 Å². The van der Waals surface area contributed by atoms with Gasteiger partial charge in [0.1, 0.15) is 5.75 Å². The van der Waals surface area contributed by atoms with Gasteiger partial charge in [0.2, 0.25) is 0 Å². The van der Waals surface area contributed by atoms with Gasteiger partial charge in [0, 0.05) is 16.3 Å². The van der Waals surface area contributed by atoms with E-state index in [4.69, 9.17) is 29.8 Å². The van der Waals surface area contributed by atoms with Crippen LogP contribution < -0.4 is 5.32 Å². The molecule has 3 aromatic carbocycles. The molecular weight excluding hydrogens is 522 g/mol. The zero-order valence-corrected chi connectivity index (χ0v) is 18.9. The normalized spacial score (nSPS) is 11.6. The van der Waals surface area contributed by atoms with Gasteiger partial charge in [0.15, 0.2) is 0 Å². The minimum absolute atomic E-state index is 0.0628. The van der Waals surface area contributed by atoms with Crippen LogP contribution in [0.2, 0.25) is 10.0 Å². The molecule has 3 aromatic rings. The standard InChI is InChI=1S/C22H15Cl2IN2O2/c1-12-9-17(21(28)19(25)10-12)22(29)27-15-7-8-16(18(24)11-15)20(26-2)13-3-5-14(23)6-4-13/h3-11,20,28H,1H3,(H,27,29). The maximum Gasteiger partial charge on any atom is 0.275 e. The summed E-state index contributed by atoms with van der Waals surface area (Å²) >= 11 is 14.3. The Labute approximate surface area is 192 Å². The molecule has 2 N–H and O–H groups in total. The number of hydrogen-bond acceptors (Lipinski definition) is 2. The molecule has 0 aromatic heterocycles. The SMILES string of the molecule is [C-]#[N+]C(c1ccc(Cl)cc1)c1ccc(NC(=O)c2cc(C)cc(I)c2O)cc1Cl. The second kappa shape index (κ2) is 9.04. The third kappa shape index (κ3) is 4.84. The Balaban J connectivity index is 1.87. The van der Waals surface area contributed by atoms with Crippen molar-refractivity contribution in [2.75, 3.05) is 5.32 Å². The summed E-state index contributed by atoms with van der Waals surface area (Å²) < 4.78 is 0.601. The van der Waals surface area contributed by atoms with E-state index in [1.54, 1.807) is 54.6 Å². The van der Waals surface area contributed by atoms with Gasteiger partial charge in [-0.3, -0.25) is 4.79 Å². The van der Waals surface area contributed by atoms with Crippen molar-refractivity contribution in [1.29, 1.82) is 0 Å². The number of aryl methyl sites for hydroxylation is 1. The predicted molar refractivity (Wildman–Crippen MR) is 125 cm³/mol. The van der Waals surface area contributed by atoms with Gasteiger partial charge < -0.3 is 15.3 Å². The zero-order chi connectivity index (χ0) is 21.1. The van der Waals surface area contributed by atoms with Crippen LogP contribution in [0.5, 0.6) is 5.75 Å². The molecule has 3 rings (SSSR count). The van der Waals surface area contributed by atoms with Crippen molar-refractivity contribution in [2.45, 2.75) is 13.0 Å². The van der Waals surface area contributed by atoms with E-state index in [0.717, 1.165) is 11.1 Å². The molecule has 1 atom stereocenters. The third-order valence-corrected chi connectivity index (χ3v) is 5.72. The number of nitrogens with one attached hydrogen (secondary N) is 1. The highest BCUT2D eigenvalue weighted by atomic mass is 127. The summed E-state index contributed by atoms with van der Waals surface area (Å²) in [5, 5.41) is 13.9. The first-order valence-electron chi connectivity index (χ1n) is 8.52. The Morgan fingerprint density at radius 1 is 1.14 bits per heavy atom. The molecule has 1 amide bonds. The molecule has 146 valence electrons. The topological polar surface area (TPSA) is 53.7 Å². The van der Waals surface area contributed by atoms with Crippen LogP contribution in [0.3, 0.4) is 0 Å². The lowest BCUT2D eigenvalue weighted by Crippen LogP contribution is -2.13. The van der Waals surface area contributed by atoms with Crippen molar-refractivity contribution >= 4 is 57.4 Å². The van der Waals surface area contributed by atoms with Crippen LogP contribution in [0.4, 0.5) is 5.69 Å².